The van der Waals surface area contributed by atoms with Crippen molar-refractivity contribution < 1.29 is 0 Å². The van der Waals surface area contributed by atoms with Crippen LogP contribution in [0.3, 0.4) is 0 Å². The SMILES string of the molecule is CC(C)[C@H]1CC[C@H]2[C@@H]3CCC4=CCCC[C@]4(C)[C@H]3CC[C@]12C. The van der Waals surface area contributed by atoms with Gasteiger partial charge < -0.3 is 0 Å². The highest BCUT2D eigenvalue weighted by Crippen LogP contribution is 2.67. The average molecular weight is 301 g/mol. The Morgan fingerprint density at radius 2 is 1.82 bits per heavy atom. The van der Waals surface area contributed by atoms with Crippen molar-refractivity contribution in [2.75, 3.05) is 0 Å². The Morgan fingerprint density at radius 1 is 1.00 bits per heavy atom. The smallest absolute Gasteiger partial charge is 0.00853 e. The Hall–Kier alpha value is -0.260. The topological polar surface area (TPSA) is 0 Å². The second-order valence-corrected chi connectivity index (χ2v) is 9.93. The number of hydrogen-bond acceptors (Lipinski definition) is 0. The van der Waals surface area contributed by atoms with E-state index in [4.69, 9.17) is 0 Å². The van der Waals surface area contributed by atoms with Gasteiger partial charge in [-0.1, -0.05) is 39.3 Å². The predicted octanol–water partition coefficient (Wildman–Crippen LogP) is 6.61. The van der Waals surface area contributed by atoms with Gasteiger partial charge in [-0.3, -0.25) is 0 Å². The van der Waals surface area contributed by atoms with Crippen LogP contribution in [0.5, 0.6) is 0 Å². The zero-order valence-electron chi connectivity index (χ0n) is 15.3. The zero-order chi connectivity index (χ0) is 15.5. The van der Waals surface area contributed by atoms with Gasteiger partial charge in [-0.15, -0.1) is 0 Å². The Balaban J connectivity index is 1.65. The normalized spacial score (nSPS) is 51.0. The fraction of sp³-hybridized carbons (Fsp3) is 0.909. The molecule has 3 fully saturated rings. The van der Waals surface area contributed by atoms with Gasteiger partial charge in [0.1, 0.15) is 0 Å². The molecule has 0 aromatic rings. The van der Waals surface area contributed by atoms with Gasteiger partial charge in [0.05, 0.1) is 0 Å². The maximum atomic E-state index is 2.68. The van der Waals surface area contributed by atoms with Crippen molar-refractivity contribution in [3.8, 4) is 0 Å². The summed E-state index contributed by atoms with van der Waals surface area (Å²) in [5, 5.41) is 0. The highest BCUT2D eigenvalue weighted by atomic mass is 14.6. The summed E-state index contributed by atoms with van der Waals surface area (Å²) in [5.74, 6) is 4.98. The van der Waals surface area contributed by atoms with E-state index in [0.29, 0.717) is 10.8 Å². The van der Waals surface area contributed by atoms with E-state index in [1.54, 1.807) is 0 Å². The summed E-state index contributed by atoms with van der Waals surface area (Å²) in [4.78, 5) is 0. The maximum Gasteiger partial charge on any atom is -0.00853 e. The molecule has 6 atom stereocenters. The van der Waals surface area contributed by atoms with Gasteiger partial charge in [-0.25, -0.2) is 0 Å². The summed E-state index contributed by atoms with van der Waals surface area (Å²) < 4.78 is 0. The van der Waals surface area contributed by atoms with Gasteiger partial charge in [-0.2, -0.15) is 0 Å². The third kappa shape index (κ3) is 1.94. The molecular formula is C22H36. The van der Waals surface area contributed by atoms with Crippen LogP contribution < -0.4 is 0 Å². The zero-order valence-corrected chi connectivity index (χ0v) is 15.3. The molecule has 124 valence electrons. The van der Waals surface area contributed by atoms with Gasteiger partial charge in [0.25, 0.3) is 0 Å². The minimum atomic E-state index is 0.582. The summed E-state index contributed by atoms with van der Waals surface area (Å²) in [7, 11) is 0. The van der Waals surface area contributed by atoms with Crippen molar-refractivity contribution in [2.24, 2.45) is 40.4 Å². The van der Waals surface area contributed by atoms with E-state index in [2.05, 4.69) is 33.8 Å². The van der Waals surface area contributed by atoms with Crippen molar-refractivity contribution in [2.45, 2.75) is 85.5 Å². The number of allylic oxidation sites excluding steroid dienone is 2. The second kappa shape index (κ2) is 5.12. The molecule has 0 aliphatic heterocycles. The first kappa shape index (κ1) is 15.3. The Labute approximate surface area is 138 Å². The average Bonchev–Trinajstić information content (AvgIpc) is 2.84. The quantitative estimate of drug-likeness (QED) is 0.478. The molecule has 4 rings (SSSR count). The first-order valence-corrected chi connectivity index (χ1v) is 10.2. The molecule has 3 saturated carbocycles. The Morgan fingerprint density at radius 3 is 2.59 bits per heavy atom. The summed E-state index contributed by atoms with van der Waals surface area (Å²) in [5.41, 5.74) is 3.11. The number of hydrogen-bond donors (Lipinski definition) is 0. The largest absolute Gasteiger partial charge is 0.0848 e. The molecule has 0 nitrogen and oxygen atoms in total. The third-order valence-electron chi connectivity index (χ3n) is 8.91. The molecule has 0 aromatic carbocycles. The van der Waals surface area contributed by atoms with Gasteiger partial charge in [-0.05, 0) is 98.2 Å². The Bertz CT molecular complexity index is 472. The fourth-order valence-corrected chi connectivity index (χ4v) is 7.89. The molecule has 0 saturated heterocycles. The van der Waals surface area contributed by atoms with Crippen molar-refractivity contribution in [3.05, 3.63) is 11.6 Å². The lowest BCUT2D eigenvalue weighted by Crippen LogP contribution is -2.50. The first-order chi connectivity index (χ1) is 10.5. The molecule has 4 aliphatic rings. The highest BCUT2D eigenvalue weighted by Gasteiger charge is 2.58. The van der Waals surface area contributed by atoms with Crippen LogP contribution in [0.4, 0.5) is 0 Å². The lowest BCUT2D eigenvalue weighted by Gasteiger charge is -2.58. The molecule has 0 amide bonds. The maximum absolute atomic E-state index is 2.68. The first-order valence-electron chi connectivity index (χ1n) is 10.2. The molecule has 0 spiro atoms. The van der Waals surface area contributed by atoms with Gasteiger partial charge in [0.15, 0.2) is 0 Å². The third-order valence-corrected chi connectivity index (χ3v) is 8.91. The molecule has 0 unspecified atom stereocenters. The van der Waals surface area contributed by atoms with E-state index in [1.807, 2.05) is 5.57 Å². The predicted molar refractivity (Wildman–Crippen MR) is 94.6 cm³/mol. The molecular weight excluding hydrogens is 264 g/mol. The van der Waals surface area contributed by atoms with Crippen LogP contribution in [0.15, 0.2) is 11.6 Å². The second-order valence-electron chi connectivity index (χ2n) is 9.93. The molecule has 0 bridgehead atoms. The number of fused-ring (bicyclic) bond motifs is 5. The van der Waals surface area contributed by atoms with Crippen molar-refractivity contribution in [1.82, 2.24) is 0 Å². The van der Waals surface area contributed by atoms with Gasteiger partial charge in [0.2, 0.25) is 0 Å². The van der Waals surface area contributed by atoms with E-state index < -0.39 is 0 Å². The van der Waals surface area contributed by atoms with Crippen LogP contribution in [-0.2, 0) is 0 Å². The van der Waals surface area contributed by atoms with E-state index in [9.17, 15) is 0 Å². The van der Waals surface area contributed by atoms with Crippen LogP contribution in [0.25, 0.3) is 0 Å². The molecule has 0 heterocycles. The summed E-state index contributed by atoms with van der Waals surface area (Å²) in [6.45, 7) is 10.3. The lowest BCUT2D eigenvalue weighted by atomic mass is 9.46. The fourth-order valence-electron chi connectivity index (χ4n) is 7.89. The molecule has 0 aromatic heterocycles. The van der Waals surface area contributed by atoms with Crippen molar-refractivity contribution in [1.29, 1.82) is 0 Å². The summed E-state index contributed by atoms with van der Waals surface area (Å²) in [6.07, 6.45) is 16.0. The lowest BCUT2D eigenvalue weighted by molar-refractivity contribution is -0.0574. The van der Waals surface area contributed by atoms with Crippen LogP contribution >= 0.6 is 0 Å². The molecule has 0 N–H and O–H groups in total. The van der Waals surface area contributed by atoms with E-state index >= 15 is 0 Å². The Kier molecular flexibility index (Phi) is 3.55. The van der Waals surface area contributed by atoms with Crippen LogP contribution in [0.2, 0.25) is 0 Å². The summed E-state index contributed by atoms with van der Waals surface area (Å²) in [6, 6.07) is 0. The molecule has 0 heteroatoms. The van der Waals surface area contributed by atoms with E-state index in [0.717, 1.165) is 29.6 Å². The van der Waals surface area contributed by atoms with Crippen LogP contribution in [0.1, 0.15) is 85.5 Å². The minimum absolute atomic E-state index is 0.582. The van der Waals surface area contributed by atoms with Crippen molar-refractivity contribution in [3.63, 3.8) is 0 Å². The minimum Gasteiger partial charge on any atom is -0.0848 e. The van der Waals surface area contributed by atoms with Crippen LogP contribution in [-0.4, -0.2) is 0 Å². The van der Waals surface area contributed by atoms with Gasteiger partial charge >= 0.3 is 0 Å². The van der Waals surface area contributed by atoms with E-state index in [1.165, 1.54) is 57.8 Å². The molecule has 0 radical (unpaired) electrons. The van der Waals surface area contributed by atoms with E-state index in [-0.39, 0.29) is 0 Å². The molecule has 22 heavy (non-hydrogen) atoms. The highest BCUT2D eigenvalue weighted by molar-refractivity contribution is 5.23. The van der Waals surface area contributed by atoms with Crippen LogP contribution in [0, 0.1) is 40.4 Å². The standard InChI is InChI=1S/C22H36/c1-15(2)18-10-11-19-17-9-8-16-7-5-6-13-21(16,3)20(17)12-14-22(18,19)4/h7,15,17-20H,5-6,8-14H2,1-4H3/t17-,18+,19-,20-,21-,22+/m0/s1. The van der Waals surface area contributed by atoms with Crippen molar-refractivity contribution >= 4 is 0 Å². The number of rotatable bonds is 1. The van der Waals surface area contributed by atoms with Gasteiger partial charge in [0, 0.05) is 0 Å². The monoisotopic (exact) mass is 300 g/mol. The summed E-state index contributed by atoms with van der Waals surface area (Å²) >= 11 is 0. The molecule has 4 aliphatic carbocycles.